The number of hydrogen-bond donors (Lipinski definition) is 4. The first-order valence-electron chi connectivity index (χ1n) is 20.6. The van der Waals surface area contributed by atoms with Crippen LogP contribution in [0.5, 0.6) is 23.0 Å². The van der Waals surface area contributed by atoms with Gasteiger partial charge in [0.05, 0.1) is 18.2 Å². The molecule has 0 aliphatic rings. The van der Waals surface area contributed by atoms with E-state index in [0.717, 1.165) is 57.6 Å². The van der Waals surface area contributed by atoms with Crippen LogP contribution in [0.2, 0.25) is 0 Å². The summed E-state index contributed by atoms with van der Waals surface area (Å²) in [5.41, 5.74) is 16.7. The summed E-state index contributed by atoms with van der Waals surface area (Å²) in [5, 5.41) is 23.7. The average Bonchev–Trinajstić information content (AvgIpc) is 3.26. The van der Waals surface area contributed by atoms with Crippen molar-refractivity contribution in [3.05, 3.63) is 194 Å². The molecule has 0 aliphatic carbocycles. The van der Waals surface area contributed by atoms with Crippen molar-refractivity contribution in [2.75, 3.05) is 0 Å². The van der Waals surface area contributed by atoms with Gasteiger partial charge < -0.3 is 30.4 Å². The number of nitrogens with two attached hydrogens (primary N) is 2. The van der Waals surface area contributed by atoms with Crippen LogP contribution in [0.15, 0.2) is 109 Å². The van der Waals surface area contributed by atoms with Crippen LogP contribution >= 0.6 is 0 Å². The highest BCUT2D eigenvalue weighted by Crippen LogP contribution is 2.30. The van der Waals surface area contributed by atoms with Crippen LogP contribution in [-0.2, 0) is 37.3 Å². The maximum atomic E-state index is 14.3. The van der Waals surface area contributed by atoms with Crippen LogP contribution in [0.1, 0.15) is 91.6 Å². The predicted molar refractivity (Wildman–Crippen MR) is 246 cm³/mol. The summed E-state index contributed by atoms with van der Waals surface area (Å²) in [6.45, 7) is 19.8. The number of nitrogen functional groups attached to an aromatic ring is 2. The van der Waals surface area contributed by atoms with Gasteiger partial charge in [0.25, 0.3) is 0 Å². The molecule has 0 aromatic heterocycles. The Kier molecular flexibility index (Phi) is 15.8. The third kappa shape index (κ3) is 13.6. The van der Waals surface area contributed by atoms with E-state index < -0.39 is 23.3 Å². The van der Waals surface area contributed by atoms with E-state index in [1.165, 1.54) is 48.5 Å². The van der Waals surface area contributed by atoms with Gasteiger partial charge in [-0.1, -0.05) is 71.9 Å². The molecule has 66 heavy (non-hydrogen) atoms. The summed E-state index contributed by atoms with van der Waals surface area (Å²) in [7, 11) is 0. The van der Waals surface area contributed by atoms with Crippen molar-refractivity contribution in [2.45, 2.75) is 78.8 Å². The highest BCUT2D eigenvalue weighted by atomic mass is 19.1. The van der Waals surface area contributed by atoms with E-state index in [0.29, 0.717) is 0 Å². The quantitative estimate of drug-likeness (QED) is 0.0366. The zero-order chi connectivity index (χ0) is 48.3. The highest BCUT2D eigenvalue weighted by Gasteiger charge is 2.19. The van der Waals surface area contributed by atoms with Gasteiger partial charge in [0, 0.05) is 11.1 Å². The van der Waals surface area contributed by atoms with E-state index in [2.05, 4.69) is 46.4 Å². The van der Waals surface area contributed by atoms with Crippen molar-refractivity contribution in [1.29, 1.82) is 16.1 Å². The molecule has 0 aliphatic heterocycles. The van der Waals surface area contributed by atoms with Gasteiger partial charge in [-0.05, 0) is 123 Å². The Hall–Kier alpha value is -7.84. The first-order valence-corrected chi connectivity index (χ1v) is 20.6. The van der Waals surface area contributed by atoms with Gasteiger partial charge in [0.15, 0.2) is 52.0 Å². The molecule has 0 saturated heterocycles. The molecule has 10 nitrogen and oxygen atoms in total. The number of benzene rings is 6. The molecular weight excluding hydrogens is 849 g/mol. The molecule has 0 saturated carbocycles. The highest BCUT2D eigenvalue weighted by molar-refractivity contribution is 5.95. The minimum atomic E-state index is -0.604. The van der Waals surface area contributed by atoms with Crippen LogP contribution in [0, 0.1) is 52.0 Å². The number of rotatable bonds is 14. The lowest BCUT2D eigenvalue weighted by Gasteiger charge is -2.22. The number of nitrogens with one attached hydrogen (secondary N) is 2. The number of ether oxygens (including phenoxy) is 4. The molecule has 6 N–H and O–H groups in total. The number of halogens is 4. The topological polar surface area (TPSA) is 165 Å². The molecule has 6 rings (SSSR count). The second kappa shape index (κ2) is 21.2. The second-order valence-corrected chi connectivity index (χ2v) is 17.3. The zero-order valence-electron chi connectivity index (χ0n) is 37.4. The second-order valence-electron chi connectivity index (χ2n) is 17.3. The first-order chi connectivity index (χ1) is 31.1. The molecule has 340 valence electrons. The van der Waals surface area contributed by atoms with Crippen LogP contribution < -0.4 is 30.4 Å². The van der Waals surface area contributed by atoms with Crippen molar-refractivity contribution in [3.63, 3.8) is 0 Å². The molecule has 0 unspecified atom stereocenters. The summed E-state index contributed by atoms with van der Waals surface area (Å²) < 4.78 is 79.6. The molecule has 6 aromatic rings. The largest absolute Gasteiger partial charge is 0.486 e. The molecule has 0 heterocycles. The Morgan fingerprint density at radius 3 is 1.15 bits per heavy atom. The molecule has 0 amide bonds. The number of nitriles is 1. The van der Waals surface area contributed by atoms with Crippen molar-refractivity contribution >= 4 is 17.4 Å². The van der Waals surface area contributed by atoms with Crippen molar-refractivity contribution in [3.8, 4) is 29.1 Å². The monoisotopic (exact) mass is 898 g/mol. The van der Waals surface area contributed by atoms with E-state index in [9.17, 15) is 17.6 Å². The normalized spacial score (nSPS) is 11.0. The Labute approximate surface area is 382 Å². The van der Waals surface area contributed by atoms with Crippen LogP contribution in [0.3, 0.4) is 0 Å². The average molecular weight is 899 g/mol. The molecule has 14 heteroatoms. The van der Waals surface area contributed by atoms with Gasteiger partial charge in [0.1, 0.15) is 38.1 Å². The third-order valence-electron chi connectivity index (χ3n) is 10.0. The fourth-order valence-corrected chi connectivity index (χ4v) is 6.30. The fraction of sp³-hybridized carbons (Fsp3) is 0.231. The van der Waals surface area contributed by atoms with Crippen molar-refractivity contribution in [2.24, 2.45) is 11.5 Å². The molecule has 0 fully saturated rings. The number of hydrogen-bond acceptors (Lipinski definition) is 7. The Balaban J connectivity index is 0.000000248. The van der Waals surface area contributed by atoms with Gasteiger partial charge in [-0.2, -0.15) is 5.26 Å². The lowest BCUT2D eigenvalue weighted by Crippen LogP contribution is -2.14. The van der Waals surface area contributed by atoms with Gasteiger partial charge in [0.2, 0.25) is 0 Å². The first kappa shape index (κ1) is 49.2. The summed E-state index contributed by atoms with van der Waals surface area (Å²) in [4.78, 5) is 3.20. The van der Waals surface area contributed by atoms with Crippen LogP contribution in [-0.4, -0.2) is 11.7 Å². The molecule has 0 bridgehead atoms. The van der Waals surface area contributed by atoms with Gasteiger partial charge in [-0.15, -0.1) is 0 Å². The van der Waals surface area contributed by atoms with Crippen molar-refractivity contribution in [1.82, 2.24) is 0 Å². The van der Waals surface area contributed by atoms with Gasteiger partial charge in [-0.3, -0.25) is 10.8 Å². The van der Waals surface area contributed by atoms with Crippen LogP contribution in [0.25, 0.3) is 4.85 Å². The number of amidine groups is 2. The molecule has 0 radical (unpaired) electrons. The third-order valence-corrected chi connectivity index (χ3v) is 10.0. The summed E-state index contributed by atoms with van der Waals surface area (Å²) in [5.74, 6) is -2.61. The smallest absolute Gasteiger partial charge is 0.190 e. The SMILES string of the molecule is CC(C)(C)c1cc(COc2ccc(C(=N)N)cc2F)cc(COc2ccc(C(=N)N)cc2F)c1.[C-]#[N+]c1ccc(OCc2cc(COc3ccc(C#N)cc3F)cc(C(C)(C)C)c2)c(F)c1. The van der Waals surface area contributed by atoms with Crippen molar-refractivity contribution < 1.29 is 36.5 Å². The van der Waals surface area contributed by atoms with E-state index in [-0.39, 0.29) is 94.3 Å². The summed E-state index contributed by atoms with van der Waals surface area (Å²) in [6.07, 6.45) is 0. The Morgan fingerprint density at radius 2 is 0.864 bits per heavy atom. The lowest BCUT2D eigenvalue weighted by atomic mass is 9.85. The van der Waals surface area contributed by atoms with E-state index >= 15 is 0 Å². The zero-order valence-corrected chi connectivity index (χ0v) is 37.4. The van der Waals surface area contributed by atoms with E-state index in [1.807, 2.05) is 42.5 Å². The maximum Gasteiger partial charge on any atom is 0.190 e. The Bertz CT molecular complexity index is 2670. The fourth-order valence-electron chi connectivity index (χ4n) is 6.30. The Morgan fingerprint density at radius 1 is 0.530 bits per heavy atom. The summed E-state index contributed by atoms with van der Waals surface area (Å²) >= 11 is 0. The van der Waals surface area contributed by atoms with E-state index in [4.69, 9.17) is 53.1 Å². The summed E-state index contributed by atoms with van der Waals surface area (Å²) in [6, 6.07) is 29.9. The minimum Gasteiger partial charge on any atom is -0.486 e. The molecule has 0 atom stereocenters. The molecule has 6 aromatic carbocycles. The maximum absolute atomic E-state index is 14.3. The lowest BCUT2D eigenvalue weighted by molar-refractivity contribution is 0.284. The standard InChI is InChI=1S/C26H28F2N4O2.C26H22F2N2O2/c1-26(2,3)19-9-15(13-33-22-6-4-17(24(29)30)11-20(22)27)8-16(10-19)14-34-23-7-5-18(25(31)32)12-21(23)28;1-26(2,3)20-10-18(15-31-24-7-5-17(14-29)12-22(24)27)9-19(11-20)16-32-25-8-6-21(30-4)13-23(25)28/h4-12H,13-14H2,1-3H3,(H3,29,30)(H3,31,32);5-13H,15-16H2,1-3H3. The minimum absolute atomic E-state index is 0.0524. The van der Waals surface area contributed by atoms with E-state index in [1.54, 1.807) is 0 Å². The van der Waals surface area contributed by atoms with Crippen LogP contribution in [0.4, 0.5) is 23.2 Å². The van der Waals surface area contributed by atoms with Gasteiger partial charge in [-0.25, -0.2) is 22.4 Å². The molecule has 0 spiro atoms. The molecular formula is C52H50F4N6O4. The van der Waals surface area contributed by atoms with Gasteiger partial charge >= 0.3 is 0 Å². The predicted octanol–water partition coefficient (Wildman–Crippen LogP) is 11.8. The number of nitrogens with zero attached hydrogens (tertiary/aromatic N) is 2.